The van der Waals surface area contributed by atoms with Crippen LogP contribution in [0.5, 0.6) is 0 Å². The zero-order valence-corrected chi connectivity index (χ0v) is 13.7. The van der Waals surface area contributed by atoms with E-state index >= 15 is 0 Å². The third-order valence-corrected chi connectivity index (χ3v) is 5.00. The van der Waals surface area contributed by atoms with Gasteiger partial charge in [0.15, 0.2) is 0 Å². The van der Waals surface area contributed by atoms with Crippen molar-refractivity contribution in [1.29, 1.82) is 0 Å². The summed E-state index contributed by atoms with van der Waals surface area (Å²) < 4.78 is 0. The molecule has 4 nitrogen and oxygen atoms in total. The van der Waals surface area contributed by atoms with E-state index in [1.807, 2.05) is 6.92 Å². The molecule has 1 rings (SSSR count). The van der Waals surface area contributed by atoms with E-state index in [9.17, 15) is 9.90 Å². The predicted molar refractivity (Wildman–Crippen MR) is 83.0 cm³/mol. The van der Waals surface area contributed by atoms with Crippen molar-refractivity contribution in [3.63, 3.8) is 0 Å². The summed E-state index contributed by atoms with van der Waals surface area (Å²) in [6.07, 6.45) is 6.09. The first kappa shape index (κ1) is 17.4. The van der Waals surface area contributed by atoms with Crippen LogP contribution in [0, 0.1) is 5.41 Å². The molecule has 0 aromatic rings. The van der Waals surface area contributed by atoms with E-state index in [2.05, 4.69) is 24.1 Å². The van der Waals surface area contributed by atoms with Gasteiger partial charge in [0, 0.05) is 0 Å². The van der Waals surface area contributed by atoms with Gasteiger partial charge in [-0.25, -0.2) is 0 Å². The molecule has 0 amide bonds. The van der Waals surface area contributed by atoms with Crippen molar-refractivity contribution in [1.82, 2.24) is 10.2 Å². The van der Waals surface area contributed by atoms with Crippen LogP contribution in [0.3, 0.4) is 0 Å². The number of nitrogens with zero attached hydrogens (tertiary/aromatic N) is 1. The van der Waals surface area contributed by atoms with Crippen LogP contribution in [0.25, 0.3) is 0 Å². The van der Waals surface area contributed by atoms with E-state index in [-0.39, 0.29) is 0 Å². The Kier molecular flexibility index (Phi) is 6.46. The van der Waals surface area contributed by atoms with Gasteiger partial charge in [-0.1, -0.05) is 20.8 Å². The molecular weight excluding hydrogens is 252 g/mol. The number of carboxylic acid groups (broad SMARTS) is 1. The van der Waals surface area contributed by atoms with Gasteiger partial charge >= 0.3 is 5.97 Å². The highest BCUT2D eigenvalue weighted by atomic mass is 16.4. The third-order valence-electron chi connectivity index (χ3n) is 5.00. The minimum Gasteiger partial charge on any atom is -0.480 e. The molecule has 0 bridgehead atoms. The van der Waals surface area contributed by atoms with Crippen molar-refractivity contribution in [3.8, 4) is 0 Å². The number of carboxylic acids is 1. The molecule has 1 saturated heterocycles. The highest BCUT2D eigenvalue weighted by Gasteiger charge is 2.34. The lowest BCUT2D eigenvalue weighted by Crippen LogP contribution is -2.50. The summed E-state index contributed by atoms with van der Waals surface area (Å²) in [6.45, 7) is 9.98. The lowest BCUT2D eigenvalue weighted by Gasteiger charge is -2.29. The summed E-state index contributed by atoms with van der Waals surface area (Å²) in [5, 5.41) is 12.4. The third kappa shape index (κ3) is 4.74. The van der Waals surface area contributed by atoms with E-state index in [0.717, 1.165) is 26.1 Å². The van der Waals surface area contributed by atoms with Crippen LogP contribution in [0.1, 0.15) is 59.3 Å². The number of rotatable bonds is 7. The molecule has 2 N–H and O–H groups in total. The molecule has 1 aliphatic heterocycles. The molecule has 0 aliphatic carbocycles. The van der Waals surface area contributed by atoms with Gasteiger partial charge in [-0.2, -0.15) is 0 Å². The molecule has 1 atom stereocenters. The topological polar surface area (TPSA) is 52.6 Å². The fourth-order valence-corrected chi connectivity index (χ4v) is 3.15. The van der Waals surface area contributed by atoms with Crippen LogP contribution in [-0.4, -0.2) is 48.2 Å². The maximum absolute atomic E-state index is 11.4. The molecule has 118 valence electrons. The average molecular weight is 284 g/mol. The van der Waals surface area contributed by atoms with Gasteiger partial charge in [0.25, 0.3) is 0 Å². The van der Waals surface area contributed by atoms with Gasteiger partial charge < -0.3 is 15.3 Å². The number of likely N-dealkylation sites (tertiary alicyclic amines) is 1. The van der Waals surface area contributed by atoms with Crippen molar-refractivity contribution in [3.05, 3.63) is 0 Å². The molecule has 20 heavy (non-hydrogen) atoms. The van der Waals surface area contributed by atoms with Crippen LogP contribution < -0.4 is 5.32 Å². The summed E-state index contributed by atoms with van der Waals surface area (Å²) in [6, 6.07) is 0. The maximum atomic E-state index is 11.4. The van der Waals surface area contributed by atoms with Gasteiger partial charge in [0.2, 0.25) is 0 Å². The van der Waals surface area contributed by atoms with Gasteiger partial charge in [0.1, 0.15) is 5.54 Å². The van der Waals surface area contributed by atoms with E-state index in [0.29, 0.717) is 18.3 Å². The second kappa shape index (κ2) is 7.41. The van der Waals surface area contributed by atoms with Crippen LogP contribution in [0.15, 0.2) is 0 Å². The summed E-state index contributed by atoms with van der Waals surface area (Å²) in [5.41, 5.74) is -0.279. The molecule has 1 heterocycles. The summed E-state index contributed by atoms with van der Waals surface area (Å²) in [7, 11) is 1.76. The fourth-order valence-electron chi connectivity index (χ4n) is 3.15. The highest BCUT2D eigenvalue weighted by molar-refractivity contribution is 5.78. The number of nitrogens with one attached hydrogen (secondary N) is 1. The van der Waals surface area contributed by atoms with E-state index in [4.69, 9.17) is 0 Å². The maximum Gasteiger partial charge on any atom is 0.323 e. The lowest BCUT2D eigenvalue weighted by atomic mass is 9.85. The molecule has 0 aromatic carbocycles. The first-order valence-electron chi connectivity index (χ1n) is 8.00. The lowest BCUT2D eigenvalue weighted by molar-refractivity contribution is -0.145. The van der Waals surface area contributed by atoms with Crippen LogP contribution in [0.4, 0.5) is 0 Å². The fraction of sp³-hybridized carbons (Fsp3) is 0.938. The van der Waals surface area contributed by atoms with Gasteiger partial charge in [-0.3, -0.25) is 4.79 Å². The van der Waals surface area contributed by atoms with Crippen molar-refractivity contribution >= 4 is 5.97 Å². The zero-order chi connectivity index (χ0) is 15.2. The Labute approximate surface area is 123 Å². The molecule has 0 aromatic heterocycles. The number of hydrogen-bond acceptors (Lipinski definition) is 3. The van der Waals surface area contributed by atoms with Crippen molar-refractivity contribution in [2.75, 3.05) is 26.7 Å². The predicted octanol–water partition coefficient (Wildman–Crippen LogP) is 2.73. The SMILES string of the molecule is CCC(CCCN1CCCC(C)(C)CC1)(NC)C(=O)O. The van der Waals surface area contributed by atoms with Crippen molar-refractivity contribution < 1.29 is 9.90 Å². The summed E-state index contributed by atoms with van der Waals surface area (Å²) in [4.78, 5) is 13.9. The molecule has 4 heteroatoms. The highest BCUT2D eigenvalue weighted by Crippen LogP contribution is 2.30. The Hall–Kier alpha value is -0.610. The Morgan fingerprint density at radius 2 is 2.05 bits per heavy atom. The van der Waals surface area contributed by atoms with Gasteiger partial charge in [-0.15, -0.1) is 0 Å². The number of likely N-dealkylation sites (N-methyl/N-ethyl adjacent to an activating group) is 1. The Morgan fingerprint density at radius 3 is 2.60 bits per heavy atom. The number of hydrogen-bond donors (Lipinski definition) is 2. The van der Waals surface area contributed by atoms with Gasteiger partial charge in [0.05, 0.1) is 0 Å². The zero-order valence-electron chi connectivity index (χ0n) is 13.7. The molecular formula is C16H32N2O2. The first-order valence-corrected chi connectivity index (χ1v) is 8.00. The summed E-state index contributed by atoms with van der Waals surface area (Å²) >= 11 is 0. The Bertz CT molecular complexity index is 312. The quantitative estimate of drug-likeness (QED) is 0.755. The molecule has 0 radical (unpaired) electrons. The van der Waals surface area contributed by atoms with Crippen LogP contribution in [-0.2, 0) is 4.79 Å². The van der Waals surface area contributed by atoms with E-state index in [1.165, 1.54) is 19.3 Å². The largest absolute Gasteiger partial charge is 0.480 e. The minimum atomic E-state index is -0.745. The summed E-state index contributed by atoms with van der Waals surface area (Å²) in [5.74, 6) is -0.723. The monoisotopic (exact) mass is 284 g/mol. The first-order chi connectivity index (χ1) is 9.35. The van der Waals surface area contributed by atoms with Crippen molar-refractivity contribution in [2.24, 2.45) is 5.41 Å². The molecule has 1 unspecified atom stereocenters. The molecule has 0 saturated carbocycles. The van der Waals surface area contributed by atoms with Crippen LogP contribution in [0.2, 0.25) is 0 Å². The smallest absolute Gasteiger partial charge is 0.323 e. The second-order valence-electron chi connectivity index (χ2n) is 6.95. The van der Waals surface area contributed by atoms with Crippen LogP contribution >= 0.6 is 0 Å². The number of aliphatic carboxylic acids is 1. The van der Waals surface area contributed by atoms with Gasteiger partial charge in [-0.05, 0) is 70.6 Å². The average Bonchev–Trinajstić information content (AvgIpc) is 2.56. The van der Waals surface area contributed by atoms with E-state index < -0.39 is 11.5 Å². The van der Waals surface area contributed by atoms with E-state index in [1.54, 1.807) is 7.05 Å². The standard InChI is InChI=1S/C16H32N2O2/c1-5-16(17-4,14(19)20)9-7-12-18-11-6-8-15(2,3)10-13-18/h17H,5-13H2,1-4H3,(H,19,20). The molecule has 1 aliphatic rings. The number of carbonyl (C=O) groups is 1. The molecule has 1 fully saturated rings. The second-order valence-corrected chi connectivity index (χ2v) is 6.95. The molecule has 0 spiro atoms. The normalized spacial score (nSPS) is 23.0. The van der Waals surface area contributed by atoms with Crippen molar-refractivity contribution in [2.45, 2.75) is 64.8 Å². The minimum absolute atomic E-state index is 0.466. The Morgan fingerprint density at radius 1 is 1.35 bits per heavy atom. The Balaban J connectivity index is 2.41.